The molecule has 0 unspecified atom stereocenters. The summed E-state index contributed by atoms with van der Waals surface area (Å²) in [6, 6.07) is 3.75. The number of benzene rings is 1. The molecule has 0 saturated carbocycles. The van der Waals surface area contributed by atoms with Crippen molar-refractivity contribution in [3.8, 4) is 11.5 Å². The molecule has 1 rings (SSSR count). The first-order valence-corrected chi connectivity index (χ1v) is 5.32. The monoisotopic (exact) mass is 260 g/mol. The lowest BCUT2D eigenvalue weighted by atomic mass is 10.0. The van der Waals surface area contributed by atoms with Crippen molar-refractivity contribution >= 4 is 12.4 Å². The van der Waals surface area contributed by atoms with Crippen LogP contribution in [-0.2, 0) is 0 Å². The minimum absolute atomic E-state index is 0. The predicted octanol–water partition coefficient (Wildman–Crippen LogP) is 1.78. The first kappa shape index (κ1) is 16.0. The number of nitrogens with two attached hydrogens (primary N) is 2. The highest BCUT2D eigenvalue weighted by atomic mass is 35.5. The SMILES string of the molecule is COc1cc(C)cc(OC)c1[C@H](N)CCN.Cl. The molecule has 0 aliphatic heterocycles. The van der Waals surface area contributed by atoms with E-state index in [2.05, 4.69) is 0 Å². The first-order valence-electron chi connectivity index (χ1n) is 5.32. The van der Waals surface area contributed by atoms with Gasteiger partial charge in [-0.3, -0.25) is 0 Å². The summed E-state index contributed by atoms with van der Waals surface area (Å²) < 4.78 is 10.7. The van der Waals surface area contributed by atoms with E-state index in [-0.39, 0.29) is 18.4 Å². The topological polar surface area (TPSA) is 70.5 Å². The summed E-state index contributed by atoms with van der Waals surface area (Å²) in [4.78, 5) is 0. The van der Waals surface area contributed by atoms with Crippen molar-refractivity contribution in [1.29, 1.82) is 0 Å². The molecule has 98 valence electrons. The third-order valence-electron chi connectivity index (χ3n) is 2.54. The van der Waals surface area contributed by atoms with Gasteiger partial charge in [-0.2, -0.15) is 0 Å². The van der Waals surface area contributed by atoms with Crippen molar-refractivity contribution in [3.63, 3.8) is 0 Å². The number of ether oxygens (including phenoxy) is 2. The summed E-state index contributed by atoms with van der Waals surface area (Å²) in [5.74, 6) is 1.52. The number of halogens is 1. The molecule has 0 aliphatic rings. The number of hydrogen-bond donors (Lipinski definition) is 2. The van der Waals surface area contributed by atoms with Crippen molar-refractivity contribution in [2.45, 2.75) is 19.4 Å². The Morgan fingerprint density at radius 1 is 1.18 bits per heavy atom. The Balaban J connectivity index is 0.00000256. The minimum Gasteiger partial charge on any atom is -0.496 e. The standard InChI is InChI=1S/C12H20N2O2.ClH/c1-8-6-10(15-2)12(9(14)4-5-13)11(7-8)16-3;/h6-7,9H,4-5,13-14H2,1-3H3;1H/t9-;/m1./s1. The highest BCUT2D eigenvalue weighted by molar-refractivity contribution is 5.85. The van der Waals surface area contributed by atoms with E-state index in [9.17, 15) is 0 Å². The maximum atomic E-state index is 6.07. The van der Waals surface area contributed by atoms with Crippen molar-refractivity contribution < 1.29 is 9.47 Å². The molecule has 0 aromatic heterocycles. The number of aryl methyl sites for hydroxylation is 1. The fraction of sp³-hybridized carbons (Fsp3) is 0.500. The van der Waals surface area contributed by atoms with Crippen LogP contribution in [0.25, 0.3) is 0 Å². The van der Waals surface area contributed by atoms with Crippen LogP contribution in [0.3, 0.4) is 0 Å². The molecule has 0 spiro atoms. The molecule has 5 heteroatoms. The van der Waals surface area contributed by atoms with Gasteiger partial charge in [-0.25, -0.2) is 0 Å². The fourth-order valence-electron chi connectivity index (χ4n) is 1.76. The molecule has 4 nitrogen and oxygen atoms in total. The Morgan fingerprint density at radius 2 is 1.65 bits per heavy atom. The summed E-state index contributed by atoms with van der Waals surface area (Å²) in [5.41, 5.74) is 13.6. The van der Waals surface area contributed by atoms with Crippen LogP contribution in [0.2, 0.25) is 0 Å². The highest BCUT2D eigenvalue weighted by Crippen LogP contribution is 2.35. The third-order valence-corrected chi connectivity index (χ3v) is 2.54. The fourth-order valence-corrected chi connectivity index (χ4v) is 1.76. The van der Waals surface area contributed by atoms with Gasteiger partial charge < -0.3 is 20.9 Å². The maximum absolute atomic E-state index is 6.07. The zero-order chi connectivity index (χ0) is 12.1. The molecular weight excluding hydrogens is 240 g/mol. The van der Waals surface area contributed by atoms with Gasteiger partial charge in [0.25, 0.3) is 0 Å². The van der Waals surface area contributed by atoms with E-state index in [0.29, 0.717) is 13.0 Å². The number of methoxy groups -OCH3 is 2. The van der Waals surface area contributed by atoms with Crippen LogP contribution in [0, 0.1) is 6.92 Å². The number of hydrogen-bond acceptors (Lipinski definition) is 4. The smallest absolute Gasteiger partial charge is 0.127 e. The van der Waals surface area contributed by atoms with Gasteiger partial charge in [0.15, 0.2) is 0 Å². The lowest BCUT2D eigenvalue weighted by Crippen LogP contribution is -2.17. The summed E-state index contributed by atoms with van der Waals surface area (Å²) in [6.45, 7) is 2.53. The molecule has 0 radical (unpaired) electrons. The summed E-state index contributed by atoms with van der Waals surface area (Å²) >= 11 is 0. The molecule has 4 N–H and O–H groups in total. The largest absolute Gasteiger partial charge is 0.496 e. The molecule has 0 bridgehead atoms. The van der Waals surface area contributed by atoms with E-state index in [1.807, 2.05) is 19.1 Å². The summed E-state index contributed by atoms with van der Waals surface area (Å²) in [5, 5.41) is 0. The van der Waals surface area contributed by atoms with E-state index in [1.165, 1.54) is 0 Å². The van der Waals surface area contributed by atoms with Crippen LogP contribution < -0.4 is 20.9 Å². The van der Waals surface area contributed by atoms with Gasteiger partial charge in [-0.1, -0.05) is 0 Å². The normalized spacial score (nSPS) is 11.6. The number of rotatable bonds is 5. The van der Waals surface area contributed by atoms with Gasteiger partial charge in [0.05, 0.1) is 19.8 Å². The van der Waals surface area contributed by atoms with Crippen molar-refractivity contribution in [2.75, 3.05) is 20.8 Å². The minimum atomic E-state index is -0.157. The molecule has 17 heavy (non-hydrogen) atoms. The van der Waals surface area contributed by atoms with Crippen LogP contribution in [0.1, 0.15) is 23.6 Å². The Kier molecular flexibility index (Phi) is 6.95. The Morgan fingerprint density at radius 3 is 2.00 bits per heavy atom. The van der Waals surface area contributed by atoms with E-state index < -0.39 is 0 Å². The van der Waals surface area contributed by atoms with Gasteiger partial charge in [-0.15, -0.1) is 12.4 Å². The average molecular weight is 261 g/mol. The van der Waals surface area contributed by atoms with E-state index >= 15 is 0 Å². The van der Waals surface area contributed by atoms with Crippen molar-refractivity contribution in [3.05, 3.63) is 23.3 Å². The zero-order valence-electron chi connectivity index (χ0n) is 10.5. The maximum Gasteiger partial charge on any atom is 0.127 e. The first-order chi connectivity index (χ1) is 7.63. The molecule has 0 heterocycles. The average Bonchev–Trinajstić information content (AvgIpc) is 2.27. The highest BCUT2D eigenvalue weighted by Gasteiger charge is 2.17. The van der Waals surface area contributed by atoms with Crippen LogP contribution in [0.5, 0.6) is 11.5 Å². The second-order valence-corrected chi connectivity index (χ2v) is 3.77. The van der Waals surface area contributed by atoms with E-state index in [0.717, 1.165) is 22.6 Å². The van der Waals surface area contributed by atoms with Gasteiger partial charge in [0.1, 0.15) is 11.5 Å². The van der Waals surface area contributed by atoms with Crippen LogP contribution in [-0.4, -0.2) is 20.8 Å². The van der Waals surface area contributed by atoms with Gasteiger partial charge in [0, 0.05) is 6.04 Å². The molecule has 1 atom stereocenters. The molecular formula is C12H21ClN2O2. The molecule has 0 fully saturated rings. The van der Waals surface area contributed by atoms with E-state index in [4.69, 9.17) is 20.9 Å². The zero-order valence-corrected chi connectivity index (χ0v) is 11.3. The van der Waals surface area contributed by atoms with Crippen molar-refractivity contribution in [1.82, 2.24) is 0 Å². The second kappa shape index (κ2) is 7.37. The second-order valence-electron chi connectivity index (χ2n) is 3.77. The Hall–Kier alpha value is -0.970. The lowest BCUT2D eigenvalue weighted by molar-refractivity contribution is 0.377. The molecule has 0 aliphatic carbocycles. The molecule has 0 saturated heterocycles. The predicted molar refractivity (Wildman–Crippen MR) is 72.1 cm³/mol. The molecule has 1 aromatic carbocycles. The Bertz CT molecular complexity index is 333. The molecule has 0 amide bonds. The van der Waals surface area contributed by atoms with Crippen LogP contribution in [0.15, 0.2) is 12.1 Å². The lowest BCUT2D eigenvalue weighted by Gasteiger charge is -2.19. The van der Waals surface area contributed by atoms with Gasteiger partial charge in [0.2, 0.25) is 0 Å². The summed E-state index contributed by atoms with van der Waals surface area (Å²) in [6.07, 6.45) is 0.704. The van der Waals surface area contributed by atoms with Crippen molar-refractivity contribution in [2.24, 2.45) is 11.5 Å². The quantitative estimate of drug-likeness (QED) is 0.847. The van der Waals surface area contributed by atoms with E-state index in [1.54, 1.807) is 14.2 Å². The molecule has 1 aromatic rings. The summed E-state index contributed by atoms with van der Waals surface area (Å²) in [7, 11) is 3.26. The third kappa shape index (κ3) is 3.77. The van der Waals surface area contributed by atoms with Crippen LogP contribution >= 0.6 is 12.4 Å². The van der Waals surface area contributed by atoms with Gasteiger partial charge in [-0.05, 0) is 37.6 Å². The Labute approximate surface area is 109 Å². The van der Waals surface area contributed by atoms with Crippen LogP contribution in [0.4, 0.5) is 0 Å². The van der Waals surface area contributed by atoms with Gasteiger partial charge >= 0.3 is 0 Å².